The van der Waals surface area contributed by atoms with Gasteiger partial charge in [-0.05, 0) is 42.0 Å². The van der Waals surface area contributed by atoms with E-state index in [0.717, 1.165) is 23.3 Å². The first-order valence-corrected chi connectivity index (χ1v) is 6.05. The minimum Gasteiger partial charge on any atom is -0.496 e. The van der Waals surface area contributed by atoms with Crippen LogP contribution < -0.4 is 10.5 Å². The van der Waals surface area contributed by atoms with E-state index in [9.17, 15) is 0 Å². The van der Waals surface area contributed by atoms with Gasteiger partial charge in [-0.25, -0.2) is 0 Å². The Bertz CT molecular complexity index is 396. The molecule has 0 aliphatic heterocycles. The second kappa shape index (κ2) is 5.87. The highest BCUT2D eigenvalue weighted by Gasteiger charge is 2.12. The van der Waals surface area contributed by atoms with Crippen molar-refractivity contribution in [3.05, 3.63) is 35.4 Å². The third-order valence-corrected chi connectivity index (χ3v) is 3.19. The van der Waals surface area contributed by atoms with Crippen LogP contribution in [-0.2, 0) is 6.42 Å². The van der Waals surface area contributed by atoms with Gasteiger partial charge in [0.05, 0.1) is 7.11 Å². The van der Waals surface area contributed by atoms with Crippen LogP contribution in [0.5, 0.6) is 5.75 Å². The van der Waals surface area contributed by atoms with Gasteiger partial charge in [-0.1, -0.05) is 32.6 Å². The molecule has 17 heavy (non-hydrogen) atoms. The largest absolute Gasteiger partial charge is 0.496 e. The maximum absolute atomic E-state index is 6.13. The quantitative estimate of drug-likeness (QED) is 0.847. The third kappa shape index (κ3) is 3.34. The summed E-state index contributed by atoms with van der Waals surface area (Å²) in [6.45, 7) is 10.2. The lowest BCUT2D eigenvalue weighted by Crippen LogP contribution is -2.29. The van der Waals surface area contributed by atoms with Gasteiger partial charge in [0.15, 0.2) is 0 Å². The molecule has 0 amide bonds. The van der Waals surface area contributed by atoms with Crippen molar-refractivity contribution >= 4 is 6.08 Å². The van der Waals surface area contributed by atoms with Gasteiger partial charge in [0.25, 0.3) is 0 Å². The fraction of sp³-hybridized carbons (Fsp3) is 0.467. The number of hydrogen-bond donors (Lipinski definition) is 1. The SMILES string of the molecule is C=Cc1cc(OC)c(C)cc1CC(N)C(C)C. The summed E-state index contributed by atoms with van der Waals surface area (Å²) in [7, 11) is 1.69. The monoisotopic (exact) mass is 233 g/mol. The molecule has 1 unspecified atom stereocenters. The van der Waals surface area contributed by atoms with Gasteiger partial charge in [0.1, 0.15) is 5.75 Å². The Morgan fingerprint density at radius 3 is 2.53 bits per heavy atom. The molecule has 0 aliphatic carbocycles. The predicted molar refractivity (Wildman–Crippen MR) is 74.3 cm³/mol. The molecule has 0 saturated carbocycles. The van der Waals surface area contributed by atoms with Crippen LogP contribution in [0.25, 0.3) is 6.08 Å². The molecule has 0 radical (unpaired) electrons. The van der Waals surface area contributed by atoms with Crippen molar-refractivity contribution in [3.8, 4) is 5.75 Å². The topological polar surface area (TPSA) is 35.2 Å². The summed E-state index contributed by atoms with van der Waals surface area (Å²) >= 11 is 0. The zero-order chi connectivity index (χ0) is 13.0. The Morgan fingerprint density at radius 1 is 1.41 bits per heavy atom. The number of ether oxygens (including phenoxy) is 1. The van der Waals surface area contributed by atoms with E-state index in [1.54, 1.807) is 7.11 Å². The normalized spacial score (nSPS) is 12.6. The summed E-state index contributed by atoms with van der Waals surface area (Å²) in [6, 6.07) is 4.37. The van der Waals surface area contributed by atoms with Crippen molar-refractivity contribution < 1.29 is 4.74 Å². The van der Waals surface area contributed by atoms with E-state index in [4.69, 9.17) is 10.5 Å². The summed E-state index contributed by atoms with van der Waals surface area (Å²) in [5, 5.41) is 0. The number of benzene rings is 1. The maximum atomic E-state index is 6.13. The van der Waals surface area contributed by atoms with Crippen LogP contribution in [0.4, 0.5) is 0 Å². The molecule has 0 heterocycles. The lowest BCUT2D eigenvalue weighted by atomic mass is 9.93. The summed E-state index contributed by atoms with van der Waals surface area (Å²) in [5.74, 6) is 1.39. The number of aryl methyl sites for hydroxylation is 1. The molecule has 2 N–H and O–H groups in total. The van der Waals surface area contributed by atoms with Crippen molar-refractivity contribution in [2.75, 3.05) is 7.11 Å². The van der Waals surface area contributed by atoms with Crippen LogP contribution in [-0.4, -0.2) is 13.2 Å². The van der Waals surface area contributed by atoms with Gasteiger partial charge < -0.3 is 10.5 Å². The highest BCUT2D eigenvalue weighted by atomic mass is 16.5. The fourth-order valence-electron chi connectivity index (χ4n) is 1.84. The zero-order valence-electron chi connectivity index (χ0n) is 11.3. The summed E-state index contributed by atoms with van der Waals surface area (Å²) in [5.41, 5.74) is 9.63. The molecule has 1 atom stereocenters. The Labute approximate surface area is 104 Å². The van der Waals surface area contributed by atoms with Gasteiger partial charge in [-0.2, -0.15) is 0 Å². The fourth-order valence-corrected chi connectivity index (χ4v) is 1.84. The molecule has 0 fully saturated rings. The molecule has 2 nitrogen and oxygen atoms in total. The Morgan fingerprint density at radius 2 is 2.06 bits per heavy atom. The molecule has 1 aromatic rings. The second-order valence-corrected chi connectivity index (χ2v) is 4.84. The summed E-state index contributed by atoms with van der Waals surface area (Å²) < 4.78 is 5.32. The molecule has 2 heteroatoms. The first-order valence-electron chi connectivity index (χ1n) is 6.05. The summed E-state index contributed by atoms with van der Waals surface area (Å²) in [4.78, 5) is 0. The average molecular weight is 233 g/mol. The highest BCUT2D eigenvalue weighted by molar-refractivity contribution is 5.57. The van der Waals surface area contributed by atoms with Crippen molar-refractivity contribution in [1.29, 1.82) is 0 Å². The third-order valence-electron chi connectivity index (χ3n) is 3.19. The molecule has 0 aromatic heterocycles. The minimum absolute atomic E-state index is 0.182. The van der Waals surface area contributed by atoms with E-state index in [0.29, 0.717) is 5.92 Å². The lowest BCUT2D eigenvalue weighted by Gasteiger charge is -2.18. The van der Waals surface area contributed by atoms with E-state index >= 15 is 0 Å². The van der Waals surface area contributed by atoms with Gasteiger partial charge in [-0.15, -0.1) is 0 Å². The van der Waals surface area contributed by atoms with E-state index in [1.165, 1.54) is 5.56 Å². The smallest absolute Gasteiger partial charge is 0.122 e. The molecular weight excluding hydrogens is 210 g/mol. The molecule has 1 rings (SSSR count). The maximum Gasteiger partial charge on any atom is 0.122 e. The molecule has 0 saturated heterocycles. The van der Waals surface area contributed by atoms with Gasteiger partial charge >= 0.3 is 0 Å². The van der Waals surface area contributed by atoms with Crippen molar-refractivity contribution in [2.24, 2.45) is 11.7 Å². The molecule has 0 bridgehead atoms. The van der Waals surface area contributed by atoms with E-state index in [1.807, 2.05) is 12.1 Å². The first kappa shape index (κ1) is 13.8. The Hall–Kier alpha value is -1.28. The zero-order valence-corrected chi connectivity index (χ0v) is 11.3. The first-order chi connectivity index (χ1) is 7.99. The highest BCUT2D eigenvalue weighted by Crippen LogP contribution is 2.25. The average Bonchev–Trinajstić information content (AvgIpc) is 2.29. The van der Waals surface area contributed by atoms with Crippen LogP contribution in [0.1, 0.15) is 30.5 Å². The molecule has 0 spiro atoms. The van der Waals surface area contributed by atoms with Crippen LogP contribution in [0.3, 0.4) is 0 Å². The van der Waals surface area contributed by atoms with Crippen molar-refractivity contribution in [3.63, 3.8) is 0 Å². The van der Waals surface area contributed by atoms with Crippen molar-refractivity contribution in [2.45, 2.75) is 33.2 Å². The number of methoxy groups -OCH3 is 1. The molecule has 0 aliphatic rings. The van der Waals surface area contributed by atoms with Crippen molar-refractivity contribution in [1.82, 2.24) is 0 Å². The molecule has 94 valence electrons. The molecular formula is C15H23NO. The van der Waals surface area contributed by atoms with Crippen LogP contribution in [0.15, 0.2) is 18.7 Å². The van der Waals surface area contributed by atoms with Gasteiger partial charge in [-0.3, -0.25) is 0 Å². The van der Waals surface area contributed by atoms with Crippen LogP contribution >= 0.6 is 0 Å². The van der Waals surface area contributed by atoms with E-state index < -0.39 is 0 Å². The lowest BCUT2D eigenvalue weighted by molar-refractivity contribution is 0.411. The predicted octanol–water partition coefficient (Wildman–Crippen LogP) is 3.17. The number of rotatable bonds is 5. The van der Waals surface area contributed by atoms with Crippen LogP contribution in [0.2, 0.25) is 0 Å². The standard InChI is InChI=1S/C15H23NO/c1-6-12-9-15(17-5)11(4)7-13(12)8-14(16)10(2)3/h6-7,9-10,14H,1,8,16H2,2-5H3. The number of hydrogen-bond acceptors (Lipinski definition) is 2. The Kier molecular flexibility index (Phi) is 4.76. The summed E-state index contributed by atoms with van der Waals surface area (Å²) in [6.07, 6.45) is 2.74. The van der Waals surface area contributed by atoms with Gasteiger partial charge in [0, 0.05) is 6.04 Å². The van der Waals surface area contributed by atoms with Crippen LogP contribution in [0, 0.1) is 12.8 Å². The second-order valence-electron chi connectivity index (χ2n) is 4.84. The van der Waals surface area contributed by atoms with E-state index in [2.05, 4.69) is 33.4 Å². The van der Waals surface area contributed by atoms with E-state index in [-0.39, 0.29) is 6.04 Å². The minimum atomic E-state index is 0.182. The Balaban J connectivity index is 3.06. The number of nitrogens with two attached hydrogens (primary N) is 1. The molecule has 1 aromatic carbocycles. The van der Waals surface area contributed by atoms with Gasteiger partial charge in [0.2, 0.25) is 0 Å².